The molecule has 2 aromatic heterocycles. The first-order chi connectivity index (χ1) is 19.7. The molecule has 41 heavy (non-hydrogen) atoms. The molecule has 0 spiro atoms. The van der Waals surface area contributed by atoms with Gasteiger partial charge in [0.2, 0.25) is 0 Å². The van der Waals surface area contributed by atoms with Crippen molar-refractivity contribution in [2.75, 3.05) is 36.4 Å². The topological polar surface area (TPSA) is 104 Å². The van der Waals surface area contributed by atoms with Gasteiger partial charge in [-0.3, -0.25) is 9.69 Å². The highest BCUT2D eigenvalue weighted by Gasteiger charge is 2.39. The number of anilines is 2. The van der Waals surface area contributed by atoms with Crippen LogP contribution in [-0.2, 0) is 0 Å². The van der Waals surface area contributed by atoms with Crippen LogP contribution in [0.25, 0.3) is 11.6 Å². The van der Waals surface area contributed by atoms with E-state index in [0.29, 0.717) is 40.3 Å². The highest BCUT2D eigenvalue weighted by molar-refractivity contribution is 6.30. The molecule has 1 aliphatic carbocycles. The fourth-order valence-electron chi connectivity index (χ4n) is 6.15. The summed E-state index contributed by atoms with van der Waals surface area (Å²) in [5, 5.41) is 12.3. The number of piperidine rings is 1. The third-order valence-electron chi connectivity index (χ3n) is 8.91. The Morgan fingerprint density at radius 2 is 1.88 bits per heavy atom. The summed E-state index contributed by atoms with van der Waals surface area (Å²) in [6, 6.07) is 8.77. The number of nitrogens with zero attached hydrogens (tertiary/aromatic N) is 7. The SMILES string of the molecule is CC[C@H]1CN(c2ncc(-c3nnc(NC4(C)CC4)o3)nc2C)[C@H](C)CN1C1CCN(C(=O)c2ccc(Cl)cc2)CC1. The van der Waals surface area contributed by atoms with E-state index in [2.05, 4.69) is 46.1 Å². The van der Waals surface area contributed by atoms with Crippen LogP contribution in [0.15, 0.2) is 34.9 Å². The zero-order valence-electron chi connectivity index (χ0n) is 24.3. The Morgan fingerprint density at radius 1 is 1.15 bits per heavy atom. The molecule has 6 rings (SSSR count). The Bertz CT molecular complexity index is 1380. The van der Waals surface area contributed by atoms with Gasteiger partial charge in [0.15, 0.2) is 0 Å². The maximum absolute atomic E-state index is 13.0. The molecule has 10 nitrogen and oxygen atoms in total. The Hall–Kier alpha value is -3.24. The molecular weight excluding hydrogens is 540 g/mol. The van der Waals surface area contributed by atoms with Gasteiger partial charge >= 0.3 is 6.01 Å². The van der Waals surface area contributed by atoms with E-state index in [4.69, 9.17) is 26.0 Å². The van der Waals surface area contributed by atoms with Gasteiger partial charge in [0.05, 0.1) is 11.9 Å². The second-order valence-corrected chi connectivity index (χ2v) is 12.5. The third-order valence-corrected chi connectivity index (χ3v) is 9.16. The number of carbonyl (C=O) groups is 1. The average molecular weight is 579 g/mol. The second kappa shape index (κ2) is 11.2. The Balaban J connectivity index is 1.09. The van der Waals surface area contributed by atoms with Crippen molar-refractivity contribution in [3.63, 3.8) is 0 Å². The van der Waals surface area contributed by atoms with E-state index >= 15 is 0 Å². The summed E-state index contributed by atoms with van der Waals surface area (Å²) in [5.41, 5.74) is 2.21. The lowest BCUT2D eigenvalue weighted by Gasteiger charge is -2.50. The highest BCUT2D eigenvalue weighted by Crippen LogP contribution is 2.38. The Morgan fingerprint density at radius 3 is 2.54 bits per heavy atom. The van der Waals surface area contributed by atoms with Gasteiger partial charge in [0.25, 0.3) is 11.8 Å². The lowest BCUT2D eigenvalue weighted by Crippen LogP contribution is -2.62. The molecular formula is C30H39ClN8O2. The number of likely N-dealkylation sites (tertiary alicyclic amines) is 1. The summed E-state index contributed by atoms with van der Waals surface area (Å²) in [6.45, 7) is 12.1. The molecule has 2 aliphatic heterocycles. The highest BCUT2D eigenvalue weighted by atomic mass is 35.5. The summed E-state index contributed by atoms with van der Waals surface area (Å²) in [6.07, 6.45) is 6.96. The summed E-state index contributed by atoms with van der Waals surface area (Å²) in [5.74, 6) is 1.38. The van der Waals surface area contributed by atoms with Crippen molar-refractivity contribution >= 4 is 29.3 Å². The van der Waals surface area contributed by atoms with Crippen LogP contribution in [0.1, 0.15) is 68.9 Å². The van der Waals surface area contributed by atoms with E-state index in [-0.39, 0.29) is 17.5 Å². The summed E-state index contributed by atoms with van der Waals surface area (Å²) < 4.78 is 5.83. The maximum Gasteiger partial charge on any atom is 0.316 e. The van der Waals surface area contributed by atoms with E-state index in [9.17, 15) is 4.79 Å². The lowest BCUT2D eigenvalue weighted by molar-refractivity contribution is 0.0434. The predicted octanol–water partition coefficient (Wildman–Crippen LogP) is 5.05. The van der Waals surface area contributed by atoms with Crippen LogP contribution in [0.3, 0.4) is 0 Å². The predicted molar refractivity (Wildman–Crippen MR) is 159 cm³/mol. The zero-order valence-corrected chi connectivity index (χ0v) is 25.1. The number of aryl methyl sites for hydroxylation is 1. The van der Waals surface area contributed by atoms with Crippen LogP contribution in [0.2, 0.25) is 5.02 Å². The van der Waals surface area contributed by atoms with Crippen molar-refractivity contribution in [3.05, 3.63) is 46.7 Å². The molecule has 4 heterocycles. The molecule has 1 aromatic carbocycles. The molecule has 1 saturated carbocycles. The van der Waals surface area contributed by atoms with Gasteiger partial charge in [-0.25, -0.2) is 9.97 Å². The van der Waals surface area contributed by atoms with Gasteiger partial charge in [-0.15, -0.1) is 5.10 Å². The van der Waals surface area contributed by atoms with Gasteiger partial charge in [-0.1, -0.05) is 23.6 Å². The molecule has 218 valence electrons. The fourth-order valence-corrected chi connectivity index (χ4v) is 6.28. The lowest BCUT2D eigenvalue weighted by atomic mass is 9.96. The molecule has 3 fully saturated rings. The van der Waals surface area contributed by atoms with E-state index in [1.165, 1.54) is 0 Å². The number of aromatic nitrogens is 4. The molecule has 11 heteroatoms. The molecule has 2 saturated heterocycles. The zero-order chi connectivity index (χ0) is 28.7. The minimum atomic E-state index is 0.0647. The van der Waals surface area contributed by atoms with Gasteiger partial charge in [0, 0.05) is 60.4 Å². The van der Waals surface area contributed by atoms with Gasteiger partial charge in [-0.2, -0.15) is 0 Å². The number of hydrogen-bond donors (Lipinski definition) is 1. The minimum Gasteiger partial charge on any atom is -0.402 e. The fraction of sp³-hybridized carbons (Fsp3) is 0.567. The summed E-state index contributed by atoms with van der Waals surface area (Å²) in [7, 11) is 0. The maximum atomic E-state index is 13.0. The average Bonchev–Trinajstić information content (AvgIpc) is 3.52. The van der Waals surface area contributed by atoms with Crippen molar-refractivity contribution < 1.29 is 9.21 Å². The van der Waals surface area contributed by atoms with Gasteiger partial charge < -0.3 is 19.5 Å². The normalized spacial score (nSPS) is 23.0. The van der Waals surface area contributed by atoms with E-state index in [0.717, 1.165) is 69.8 Å². The number of piperazine rings is 1. The van der Waals surface area contributed by atoms with Crippen LogP contribution in [0, 0.1) is 6.92 Å². The molecule has 0 unspecified atom stereocenters. The van der Waals surface area contributed by atoms with Crippen LogP contribution in [0.5, 0.6) is 0 Å². The van der Waals surface area contributed by atoms with Crippen LogP contribution in [-0.4, -0.2) is 85.7 Å². The standard InChI is InChI=1S/C30H39ClN8O2/c1-5-23-18-38(26-20(3)33-25(16-32-26)27-35-36-29(41-27)34-30(4)12-13-30)19(2)17-39(23)24-10-14-37(15-11-24)28(40)21-6-8-22(31)9-7-21/h6-9,16,19,23-24H,5,10-15,17-18H2,1-4H3,(H,34,36)/t19-,23+/m1/s1. The number of carbonyl (C=O) groups excluding carboxylic acids is 1. The van der Waals surface area contributed by atoms with Crippen LogP contribution in [0.4, 0.5) is 11.8 Å². The van der Waals surface area contributed by atoms with Crippen LogP contribution < -0.4 is 10.2 Å². The molecule has 3 aliphatic rings. The Kier molecular flexibility index (Phi) is 7.63. The number of nitrogens with one attached hydrogen (secondary N) is 1. The largest absolute Gasteiger partial charge is 0.402 e. The number of halogens is 1. The number of amides is 1. The van der Waals surface area contributed by atoms with Crippen molar-refractivity contribution in [1.29, 1.82) is 0 Å². The van der Waals surface area contributed by atoms with E-state index in [1.807, 2.05) is 24.0 Å². The minimum absolute atomic E-state index is 0.0647. The molecule has 1 N–H and O–H groups in total. The summed E-state index contributed by atoms with van der Waals surface area (Å²) >= 11 is 6.00. The molecule has 0 bridgehead atoms. The quantitative estimate of drug-likeness (QED) is 0.412. The van der Waals surface area contributed by atoms with Crippen molar-refractivity contribution in [2.24, 2.45) is 0 Å². The van der Waals surface area contributed by atoms with Crippen LogP contribution >= 0.6 is 11.6 Å². The molecule has 1 amide bonds. The van der Waals surface area contributed by atoms with Crippen molar-refractivity contribution in [1.82, 2.24) is 30.0 Å². The first-order valence-electron chi connectivity index (χ1n) is 14.8. The van der Waals surface area contributed by atoms with E-state index in [1.54, 1.807) is 18.3 Å². The second-order valence-electron chi connectivity index (χ2n) is 12.1. The number of rotatable bonds is 7. The Labute approximate surface area is 246 Å². The smallest absolute Gasteiger partial charge is 0.316 e. The molecule has 2 atom stereocenters. The summed E-state index contributed by atoms with van der Waals surface area (Å²) in [4.78, 5) is 29.7. The van der Waals surface area contributed by atoms with Crippen molar-refractivity contribution in [3.8, 4) is 11.6 Å². The monoisotopic (exact) mass is 578 g/mol. The third kappa shape index (κ3) is 5.90. The molecule has 0 radical (unpaired) electrons. The number of benzene rings is 1. The number of hydrogen-bond acceptors (Lipinski definition) is 9. The van der Waals surface area contributed by atoms with Gasteiger partial charge in [-0.05, 0) is 77.1 Å². The molecule has 3 aromatic rings. The van der Waals surface area contributed by atoms with E-state index < -0.39 is 0 Å². The van der Waals surface area contributed by atoms with Gasteiger partial charge in [0.1, 0.15) is 11.5 Å². The van der Waals surface area contributed by atoms with Crippen molar-refractivity contribution in [2.45, 2.75) is 83.5 Å². The first-order valence-corrected chi connectivity index (χ1v) is 15.1. The first kappa shape index (κ1) is 27.9.